The lowest BCUT2D eigenvalue weighted by Gasteiger charge is -2.20. The van der Waals surface area contributed by atoms with Crippen LogP contribution in [0.25, 0.3) is 0 Å². The third kappa shape index (κ3) is 5.18. The summed E-state index contributed by atoms with van der Waals surface area (Å²) in [5.41, 5.74) is -1.65. The van der Waals surface area contributed by atoms with E-state index in [9.17, 15) is 19.2 Å². The van der Waals surface area contributed by atoms with Crippen LogP contribution < -0.4 is 0 Å². The molecule has 158 valence electrons. The molecule has 0 aromatic heterocycles. The number of fused-ring (bicyclic) bond motifs is 1. The van der Waals surface area contributed by atoms with E-state index in [1.54, 1.807) is 39.8 Å². The second-order valence-corrected chi connectivity index (χ2v) is 8.52. The summed E-state index contributed by atoms with van der Waals surface area (Å²) in [6, 6.07) is 0. The Balaban J connectivity index is 2.19. The molecule has 1 saturated heterocycles. The van der Waals surface area contributed by atoms with E-state index in [-0.39, 0.29) is 23.4 Å². The first kappa shape index (κ1) is 22.9. The van der Waals surface area contributed by atoms with Gasteiger partial charge in [0.15, 0.2) is 29.6 Å². The summed E-state index contributed by atoms with van der Waals surface area (Å²) in [4.78, 5) is 49.2. The fourth-order valence-corrected chi connectivity index (χ4v) is 3.23. The van der Waals surface area contributed by atoms with Gasteiger partial charge in [0.05, 0.1) is 5.57 Å². The first-order valence-corrected chi connectivity index (χ1v) is 10.1. The minimum Gasteiger partial charge on any atom is -0.457 e. The SMILES string of the molecule is CCCCC/C=C/C1=C(C=O)C(=O)[C@@H]2O[C@]2(C/C=C(\C)C(=O)OC(C)(C)C)C1=O. The molecule has 0 spiro atoms. The van der Waals surface area contributed by atoms with Gasteiger partial charge >= 0.3 is 5.97 Å². The standard InChI is InChI=1S/C23H30O6/c1-6-7-8-9-10-11-16-17(14-24)18(25)20-23(28-20,19(16)26)13-12-15(2)21(27)29-22(3,4)5/h10-12,14,20H,6-9,13H2,1-5H3/b11-10+,15-12+/t20-,23+/m0/s1. The number of carbonyl (C=O) groups is 4. The molecule has 0 unspecified atom stereocenters. The Morgan fingerprint density at radius 2 is 1.90 bits per heavy atom. The zero-order valence-corrected chi connectivity index (χ0v) is 17.9. The van der Waals surface area contributed by atoms with Crippen LogP contribution in [0.4, 0.5) is 0 Å². The Morgan fingerprint density at radius 1 is 1.21 bits per heavy atom. The van der Waals surface area contributed by atoms with Crippen LogP contribution in [0, 0.1) is 0 Å². The third-order valence-corrected chi connectivity index (χ3v) is 4.93. The predicted molar refractivity (Wildman–Crippen MR) is 108 cm³/mol. The van der Waals surface area contributed by atoms with E-state index in [0.29, 0.717) is 11.9 Å². The van der Waals surface area contributed by atoms with Crippen molar-refractivity contribution in [2.75, 3.05) is 0 Å². The summed E-state index contributed by atoms with van der Waals surface area (Å²) in [5.74, 6) is -1.35. The van der Waals surface area contributed by atoms with Crippen LogP contribution in [0.1, 0.15) is 66.7 Å². The molecule has 1 fully saturated rings. The highest BCUT2D eigenvalue weighted by Gasteiger charge is 2.68. The van der Waals surface area contributed by atoms with Crippen LogP contribution in [0.3, 0.4) is 0 Å². The summed E-state index contributed by atoms with van der Waals surface area (Å²) in [6.07, 6.45) is 8.37. The quantitative estimate of drug-likeness (QED) is 0.146. The highest BCUT2D eigenvalue weighted by Crippen LogP contribution is 2.48. The number of hydrogen-bond donors (Lipinski definition) is 0. The van der Waals surface area contributed by atoms with E-state index >= 15 is 0 Å². The van der Waals surface area contributed by atoms with Gasteiger partial charge in [0.2, 0.25) is 0 Å². The van der Waals surface area contributed by atoms with Crippen molar-refractivity contribution in [1.82, 2.24) is 0 Å². The molecule has 1 aliphatic carbocycles. The van der Waals surface area contributed by atoms with Gasteiger partial charge in [0.1, 0.15) is 5.60 Å². The predicted octanol–water partition coefficient (Wildman–Crippen LogP) is 3.59. The Hall–Kier alpha value is -2.34. The Bertz CT molecular complexity index is 793. The molecule has 0 N–H and O–H groups in total. The number of carbonyl (C=O) groups excluding carboxylic acids is 4. The van der Waals surface area contributed by atoms with Crippen molar-refractivity contribution in [1.29, 1.82) is 0 Å². The van der Waals surface area contributed by atoms with Crippen LogP contribution in [-0.4, -0.2) is 41.1 Å². The van der Waals surface area contributed by atoms with Crippen LogP contribution in [0.15, 0.2) is 34.9 Å². The van der Waals surface area contributed by atoms with Gasteiger partial charge in [-0.25, -0.2) is 4.79 Å². The third-order valence-electron chi connectivity index (χ3n) is 4.93. The number of unbranched alkanes of at least 4 members (excludes halogenated alkanes) is 3. The molecule has 0 amide bonds. The van der Waals surface area contributed by atoms with Crippen molar-refractivity contribution in [3.63, 3.8) is 0 Å². The molecular weight excluding hydrogens is 372 g/mol. The summed E-state index contributed by atoms with van der Waals surface area (Å²) in [5, 5.41) is 0. The van der Waals surface area contributed by atoms with Crippen molar-refractivity contribution >= 4 is 23.8 Å². The fraction of sp³-hybridized carbons (Fsp3) is 0.565. The molecule has 6 heteroatoms. The van der Waals surface area contributed by atoms with Gasteiger partial charge in [0, 0.05) is 17.6 Å². The van der Waals surface area contributed by atoms with Crippen LogP contribution in [0.5, 0.6) is 0 Å². The number of hydrogen-bond acceptors (Lipinski definition) is 6. The molecule has 0 aromatic carbocycles. The maximum atomic E-state index is 13.0. The average Bonchev–Trinajstić information content (AvgIpc) is 3.38. The van der Waals surface area contributed by atoms with Gasteiger partial charge in [0.25, 0.3) is 0 Å². The van der Waals surface area contributed by atoms with E-state index in [1.807, 2.05) is 6.08 Å². The zero-order valence-electron chi connectivity index (χ0n) is 17.9. The van der Waals surface area contributed by atoms with E-state index < -0.39 is 29.1 Å². The molecule has 2 atom stereocenters. The maximum Gasteiger partial charge on any atom is 0.333 e. The molecule has 2 rings (SSSR count). The van der Waals surface area contributed by atoms with E-state index in [4.69, 9.17) is 9.47 Å². The molecule has 0 saturated carbocycles. The second kappa shape index (κ2) is 8.99. The number of allylic oxidation sites excluding steroid dienone is 2. The lowest BCUT2D eigenvalue weighted by Crippen LogP contribution is -2.38. The molecule has 1 heterocycles. The molecule has 0 radical (unpaired) electrons. The van der Waals surface area contributed by atoms with E-state index in [2.05, 4.69) is 6.92 Å². The zero-order chi connectivity index (χ0) is 21.8. The van der Waals surface area contributed by atoms with Gasteiger partial charge < -0.3 is 9.47 Å². The molecule has 1 aliphatic heterocycles. The van der Waals surface area contributed by atoms with Crippen LogP contribution >= 0.6 is 0 Å². The average molecular weight is 402 g/mol. The minimum atomic E-state index is -1.32. The van der Waals surface area contributed by atoms with E-state index in [1.165, 1.54) is 0 Å². The highest BCUT2D eigenvalue weighted by molar-refractivity contribution is 6.29. The number of rotatable bonds is 9. The lowest BCUT2D eigenvalue weighted by molar-refractivity contribution is -0.149. The number of aldehydes is 1. The topological polar surface area (TPSA) is 90.0 Å². The first-order valence-electron chi connectivity index (χ1n) is 10.1. The number of Topliss-reactive ketones (excluding diaryl/α,β-unsaturated/α-hetero) is 2. The largest absolute Gasteiger partial charge is 0.457 e. The van der Waals surface area contributed by atoms with Crippen molar-refractivity contribution in [3.05, 3.63) is 34.9 Å². The molecule has 6 nitrogen and oxygen atoms in total. The van der Waals surface area contributed by atoms with Crippen LogP contribution in [-0.2, 0) is 28.7 Å². The van der Waals surface area contributed by atoms with Gasteiger partial charge in [-0.3, -0.25) is 14.4 Å². The fourth-order valence-electron chi connectivity index (χ4n) is 3.23. The van der Waals surface area contributed by atoms with Gasteiger partial charge in [-0.2, -0.15) is 0 Å². The monoisotopic (exact) mass is 402 g/mol. The molecular formula is C23H30O6. The van der Waals surface area contributed by atoms with Crippen molar-refractivity contribution in [2.24, 2.45) is 0 Å². The number of ether oxygens (including phenoxy) is 2. The maximum absolute atomic E-state index is 13.0. The molecule has 29 heavy (non-hydrogen) atoms. The summed E-state index contributed by atoms with van der Waals surface area (Å²) in [7, 11) is 0. The first-order chi connectivity index (χ1) is 13.6. The molecule has 0 bridgehead atoms. The second-order valence-electron chi connectivity index (χ2n) is 8.52. The number of ketones is 2. The molecule has 0 aromatic rings. The summed E-state index contributed by atoms with van der Waals surface area (Å²) >= 11 is 0. The number of epoxide rings is 1. The van der Waals surface area contributed by atoms with Gasteiger partial charge in [-0.05, 0) is 40.5 Å². The van der Waals surface area contributed by atoms with Gasteiger partial charge in [-0.15, -0.1) is 0 Å². The Morgan fingerprint density at radius 3 is 2.48 bits per heavy atom. The number of esters is 1. The van der Waals surface area contributed by atoms with Crippen molar-refractivity contribution in [2.45, 2.75) is 84.0 Å². The lowest BCUT2D eigenvalue weighted by atomic mass is 9.80. The Kier molecular flexibility index (Phi) is 7.11. The van der Waals surface area contributed by atoms with E-state index in [0.717, 1.165) is 25.7 Å². The normalized spacial score (nSPS) is 24.7. The minimum absolute atomic E-state index is 0.0760. The van der Waals surface area contributed by atoms with Crippen LogP contribution in [0.2, 0.25) is 0 Å². The summed E-state index contributed by atoms with van der Waals surface area (Å²) in [6.45, 7) is 9.00. The smallest absolute Gasteiger partial charge is 0.333 e. The molecule has 2 aliphatic rings. The Labute approximate surface area is 172 Å². The van der Waals surface area contributed by atoms with Crippen molar-refractivity contribution in [3.8, 4) is 0 Å². The summed E-state index contributed by atoms with van der Waals surface area (Å²) < 4.78 is 10.8. The van der Waals surface area contributed by atoms with Crippen molar-refractivity contribution < 1.29 is 28.7 Å². The van der Waals surface area contributed by atoms with Gasteiger partial charge in [-0.1, -0.05) is 38.0 Å². The highest BCUT2D eigenvalue weighted by atomic mass is 16.6.